The average molecular weight is 184 g/mol. The highest BCUT2D eigenvalue weighted by Gasteiger charge is 2.41. The molecule has 0 amide bonds. The molecular formula is C9H16N2O2. The molecule has 0 N–H and O–H groups in total. The van der Waals surface area contributed by atoms with Crippen molar-refractivity contribution in [1.82, 2.24) is 0 Å². The maximum absolute atomic E-state index is 12.2. The number of hydroxylamine groups is 3. The number of rotatable bonds is 1. The molecule has 1 aliphatic rings. The molecule has 0 spiro atoms. The summed E-state index contributed by atoms with van der Waals surface area (Å²) in [6.45, 7) is 6.35. The van der Waals surface area contributed by atoms with E-state index in [1.165, 1.54) is 0 Å². The molecule has 0 aromatic heterocycles. The molecule has 0 saturated carbocycles. The Labute approximate surface area is 78.9 Å². The molecule has 0 bridgehead atoms. The van der Waals surface area contributed by atoms with Crippen molar-refractivity contribution in [3.05, 3.63) is 5.21 Å². The van der Waals surface area contributed by atoms with Crippen molar-refractivity contribution in [2.75, 3.05) is 13.2 Å². The first-order chi connectivity index (χ1) is 6.06. The van der Waals surface area contributed by atoms with Crippen LogP contribution < -0.4 is 0 Å². The van der Waals surface area contributed by atoms with Gasteiger partial charge in [-0.2, -0.15) is 5.26 Å². The van der Waals surface area contributed by atoms with Crippen LogP contribution in [0, 0.1) is 16.5 Å². The van der Waals surface area contributed by atoms with Gasteiger partial charge in [-0.25, -0.2) is 0 Å². The highest BCUT2D eigenvalue weighted by Crippen LogP contribution is 2.26. The molecule has 4 atom stereocenters. The number of nitrogens with zero attached hydrogens (tertiary/aromatic N) is 2. The number of likely N-dealkylation sites (N-methyl/N-ethyl adjacent to an activating group) is 1. The Kier molecular flexibility index (Phi) is 2.91. The third-order valence-corrected chi connectivity index (χ3v) is 2.89. The van der Waals surface area contributed by atoms with E-state index in [1.54, 1.807) is 6.92 Å². The average Bonchev–Trinajstić information content (AvgIpc) is 2.13. The zero-order valence-electron chi connectivity index (χ0n) is 8.36. The van der Waals surface area contributed by atoms with E-state index in [9.17, 15) is 5.21 Å². The molecule has 0 aliphatic carbocycles. The van der Waals surface area contributed by atoms with Gasteiger partial charge < -0.3 is 14.6 Å². The summed E-state index contributed by atoms with van der Waals surface area (Å²) in [5.74, 6) is 0. The quantitative estimate of drug-likeness (QED) is 0.451. The second-order valence-electron chi connectivity index (χ2n) is 3.63. The van der Waals surface area contributed by atoms with Crippen molar-refractivity contribution in [3.8, 4) is 6.07 Å². The van der Waals surface area contributed by atoms with Gasteiger partial charge in [0.15, 0.2) is 0 Å². The maximum Gasteiger partial charge on any atom is 0.202 e. The van der Waals surface area contributed by atoms with Gasteiger partial charge in [0.1, 0.15) is 18.2 Å². The Morgan fingerprint density at radius 1 is 1.62 bits per heavy atom. The summed E-state index contributed by atoms with van der Waals surface area (Å²) in [6.07, 6.45) is -0.251. The van der Waals surface area contributed by atoms with Gasteiger partial charge in [-0.15, -0.1) is 0 Å². The van der Waals surface area contributed by atoms with Gasteiger partial charge in [0.2, 0.25) is 6.04 Å². The zero-order valence-corrected chi connectivity index (χ0v) is 8.36. The van der Waals surface area contributed by atoms with Crippen LogP contribution in [0.1, 0.15) is 20.8 Å². The minimum absolute atomic E-state index is 0.133. The van der Waals surface area contributed by atoms with Gasteiger partial charge in [-0.05, 0) is 20.8 Å². The molecular weight excluding hydrogens is 168 g/mol. The fraction of sp³-hybridized carbons (Fsp3) is 0.889. The van der Waals surface area contributed by atoms with Gasteiger partial charge in [-0.3, -0.25) is 0 Å². The number of hydrogen-bond donors (Lipinski definition) is 0. The Balaban J connectivity index is 2.91. The standard InChI is InChI=1S/C9H16N2O2/c1-4-11(12)7(2)6-13-8(3)9(11)5-10/h7-9H,4,6H2,1-3H3. The Hall–Kier alpha value is -0.630. The summed E-state index contributed by atoms with van der Waals surface area (Å²) < 4.78 is 4.92. The van der Waals surface area contributed by atoms with Crippen molar-refractivity contribution in [3.63, 3.8) is 0 Å². The summed E-state index contributed by atoms with van der Waals surface area (Å²) in [6, 6.07) is 1.35. The van der Waals surface area contributed by atoms with E-state index in [0.29, 0.717) is 13.2 Å². The summed E-state index contributed by atoms with van der Waals surface area (Å²) in [4.78, 5) is 0. The molecule has 1 fully saturated rings. The lowest BCUT2D eigenvalue weighted by Crippen LogP contribution is -2.64. The number of morpholine rings is 1. The number of quaternary nitrogens is 1. The number of ether oxygens (including phenoxy) is 1. The van der Waals surface area contributed by atoms with E-state index < -0.39 is 10.7 Å². The first kappa shape index (κ1) is 10.5. The smallest absolute Gasteiger partial charge is 0.202 e. The SMILES string of the molecule is CC[N+]1([O-])C(C)COC(C)C1C#N. The molecule has 4 nitrogen and oxygen atoms in total. The normalized spacial score (nSPS) is 45.6. The van der Waals surface area contributed by atoms with Crippen LogP contribution in [0.15, 0.2) is 0 Å². The maximum atomic E-state index is 12.2. The largest absolute Gasteiger partial charge is 0.632 e. The zero-order chi connectivity index (χ0) is 10.1. The Morgan fingerprint density at radius 3 is 2.62 bits per heavy atom. The topological polar surface area (TPSA) is 56.1 Å². The lowest BCUT2D eigenvalue weighted by molar-refractivity contribution is -0.930. The van der Waals surface area contributed by atoms with E-state index in [-0.39, 0.29) is 12.1 Å². The van der Waals surface area contributed by atoms with Crippen molar-refractivity contribution >= 4 is 0 Å². The third-order valence-electron chi connectivity index (χ3n) is 2.89. The van der Waals surface area contributed by atoms with Crippen LogP contribution in [-0.4, -0.2) is 36.0 Å². The second-order valence-corrected chi connectivity index (χ2v) is 3.63. The van der Waals surface area contributed by atoms with E-state index >= 15 is 0 Å². The van der Waals surface area contributed by atoms with Gasteiger partial charge in [-0.1, -0.05) is 0 Å². The molecule has 0 aromatic rings. The summed E-state index contributed by atoms with van der Waals surface area (Å²) >= 11 is 0. The van der Waals surface area contributed by atoms with Crippen LogP contribution >= 0.6 is 0 Å². The van der Waals surface area contributed by atoms with Gasteiger partial charge >= 0.3 is 0 Å². The van der Waals surface area contributed by atoms with E-state index in [1.807, 2.05) is 13.8 Å². The van der Waals surface area contributed by atoms with Crippen molar-refractivity contribution in [1.29, 1.82) is 5.26 Å². The predicted octanol–water partition coefficient (Wildman–Crippen LogP) is 1.02. The highest BCUT2D eigenvalue weighted by atomic mass is 16.6. The Morgan fingerprint density at radius 2 is 2.23 bits per heavy atom. The van der Waals surface area contributed by atoms with Crippen LogP contribution in [0.4, 0.5) is 0 Å². The summed E-state index contributed by atoms with van der Waals surface area (Å²) in [5.41, 5.74) is 0. The predicted molar refractivity (Wildman–Crippen MR) is 48.4 cm³/mol. The van der Waals surface area contributed by atoms with Crippen molar-refractivity contribution in [2.24, 2.45) is 0 Å². The van der Waals surface area contributed by atoms with Gasteiger partial charge in [0, 0.05) is 0 Å². The minimum atomic E-state index is -0.575. The van der Waals surface area contributed by atoms with Crippen molar-refractivity contribution in [2.45, 2.75) is 39.0 Å². The molecule has 4 heteroatoms. The number of nitriles is 1. The monoisotopic (exact) mass is 184 g/mol. The lowest BCUT2D eigenvalue weighted by atomic mass is 10.1. The van der Waals surface area contributed by atoms with Crippen LogP contribution in [-0.2, 0) is 4.74 Å². The van der Waals surface area contributed by atoms with Gasteiger partial charge in [0.25, 0.3) is 0 Å². The molecule has 74 valence electrons. The fourth-order valence-electron chi connectivity index (χ4n) is 1.85. The first-order valence-corrected chi connectivity index (χ1v) is 4.66. The second kappa shape index (κ2) is 3.62. The van der Waals surface area contributed by atoms with E-state index in [0.717, 1.165) is 0 Å². The number of hydrogen-bond acceptors (Lipinski definition) is 3. The molecule has 1 saturated heterocycles. The van der Waals surface area contributed by atoms with Crippen LogP contribution in [0.25, 0.3) is 0 Å². The summed E-state index contributed by atoms with van der Waals surface area (Å²) in [7, 11) is 0. The minimum Gasteiger partial charge on any atom is -0.632 e. The molecule has 4 unspecified atom stereocenters. The first-order valence-electron chi connectivity index (χ1n) is 4.66. The van der Waals surface area contributed by atoms with E-state index in [4.69, 9.17) is 10.00 Å². The molecule has 1 rings (SSSR count). The molecule has 0 aromatic carbocycles. The molecule has 0 radical (unpaired) electrons. The molecule has 1 aliphatic heterocycles. The van der Waals surface area contributed by atoms with E-state index in [2.05, 4.69) is 6.07 Å². The van der Waals surface area contributed by atoms with Crippen molar-refractivity contribution < 1.29 is 9.38 Å². The highest BCUT2D eigenvalue weighted by molar-refractivity contribution is 4.93. The third kappa shape index (κ3) is 1.55. The fourth-order valence-corrected chi connectivity index (χ4v) is 1.85. The van der Waals surface area contributed by atoms with Crippen LogP contribution in [0.2, 0.25) is 0 Å². The van der Waals surface area contributed by atoms with Crippen LogP contribution in [0.5, 0.6) is 0 Å². The van der Waals surface area contributed by atoms with Crippen LogP contribution in [0.3, 0.4) is 0 Å². The van der Waals surface area contributed by atoms with Gasteiger partial charge in [0.05, 0.1) is 13.2 Å². The Bertz CT molecular complexity index is 226. The lowest BCUT2D eigenvalue weighted by Gasteiger charge is -2.54. The molecule has 1 heterocycles. The summed E-state index contributed by atoms with van der Waals surface area (Å²) in [5, 5.41) is 21.1. The molecule has 13 heavy (non-hydrogen) atoms.